The highest BCUT2D eigenvalue weighted by molar-refractivity contribution is 5.41. The first kappa shape index (κ1) is 10.5. The first-order valence-corrected chi connectivity index (χ1v) is 5.72. The molecule has 0 spiro atoms. The van der Waals surface area contributed by atoms with Crippen LogP contribution in [0, 0.1) is 12.8 Å². The summed E-state index contributed by atoms with van der Waals surface area (Å²) < 4.78 is 5.81. The lowest BCUT2D eigenvalue weighted by Crippen LogP contribution is -2.11. The maximum atomic E-state index is 5.81. The summed E-state index contributed by atoms with van der Waals surface area (Å²) >= 11 is 0. The highest BCUT2D eigenvalue weighted by atomic mass is 16.5. The number of hydrogen-bond donors (Lipinski definition) is 1. The van der Waals surface area contributed by atoms with E-state index >= 15 is 0 Å². The van der Waals surface area contributed by atoms with Gasteiger partial charge in [0.2, 0.25) is 0 Å². The molecule has 0 bridgehead atoms. The van der Waals surface area contributed by atoms with Gasteiger partial charge in [-0.15, -0.1) is 0 Å². The number of aryl methyl sites for hydroxylation is 1. The van der Waals surface area contributed by atoms with Gasteiger partial charge in [-0.25, -0.2) is 0 Å². The number of hydrogen-bond acceptors (Lipinski definition) is 2. The predicted molar refractivity (Wildman–Crippen MR) is 62.2 cm³/mol. The van der Waals surface area contributed by atoms with Gasteiger partial charge in [-0.05, 0) is 49.8 Å². The van der Waals surface area contributed by atoms with Crippen molar-refractivity contribution >= 4 is 0 Å². The van der Waals surface area contributed by atoms with E-state index in [1.165, 1.54) is 11.1 Å². The molecule has 1 aromatic carbocycles. The normalized spacial score (nSPS) is 20.3. The minimum atomic E-state index is 0.693. The van der Waals surface area contributed by atoms with Crippen LogP contribution in [0.2, 0.25) is 0 Å². The largest absolute Gasteiger partial charge is 0.493 e. The molecule has 0 aromatic heterocycles. The molecule has 1 aliphatic heterocycles. The summed E-state index contributed by atoms with van der Waals surface area (Å²) in [7, 11) is 0. The zero-order chi connectivity index (χ0) is 10.7. The Hall–Kier alpha value is -1.02. The molecule has 0 saturated heterocycles. The van der Waals surface area contributed by atoms with E-state index in [-0.39, 0.29) is 0 Å². The van der Waals surface area contributed by atoms with Crippen molar-refractivity contribution in [3.8, 4) is 5.75 Å². The van der Waals surface area contributed by atoms with Gasteiger partial charge in [-0.3, -0.25) is 0 Å². The molecule has 1 unspecified atom stereocenters. The van der Waals surface area contributed by atoms with Crippen molar-refractivity contribution in [3.63, 3.8) is 0 Å². The fourth-order valence-electron chi connectivity index (χ4n) is 2.30. The number of benzene rings is 1. The van der Waals surface area contributed by atoms with Crippen LogP contribution in [0.15, 0.2) is 18.2 Å². The van der Waals surface area contributed by atoms with Crippen LogP contribution in [0.3, 0.4) is 0 Å². The van der Waals surface area contributed by atoms with Crippen molar-refractivity contribution in [3.05, 3.63) is 29.3 Å². The van der Waals surface area contributed by atoms with Gasteiger partial charge in [0.15, 0.2) is 0 Å². The van der Waals surface area contributed by atoms with Gasteiger partial charge in [0.1, 0.15) is 5.75 Å². The van der Waals surface area contributed by atoms with Crippen LogP contribution in [-0.2, 0) is 6.42 Å². The van der Waals surface area contributed by atoms with E-state index in [9.17, 15) is 0 Å². The number of para-hydroxylation sites is 1. The first-order chi connectivity index (χ1) is 7.31. The van der Waals surface area contributed by atoms with Gasteiger partial charge in [-0.2, -0.15) is 0 Å². The van der Waals surface area contributed by atoms with E-state index in [2.05, 4.69) is 25.1 Å². The van der Waals surface area contributed by atoms with Crippen molar-refractivity contribution in [1.82, 2.24) is 0 Å². The van der Waals surface area contributed by atoms with Crippen molar-refractivity contribution in [2.24, 2.45) is 11.7 Å². The molecule has 1 aromatic rings. The van der Waals surface area contributed by atoms with Gasteiger partial charge in [-0.1, -0.05) is 18.2 Å². The monoisotopic (exact) mass is 205 g/mol. The molecule has 1 atom stereocenters. The Labute approximate surface area is 91.4 Å². The fourth-order valence-corrected chi connectivity index (χ4v) is 2.30. The van der Waals surface area contributed by atoms with Crippen molar-refractivity contribution in [1.29, 1.82) is 0 Å². The minimum absolute atomic E-state index is 0.693. The number of rotatable bonds is 2. The van der Waals surface area contributed by atoms with Crippen molar-refractivity contribution < 1.29 is 4.74 Å². The Morgan fingerprint density at radius 2 is 2.33 bits per heavy atom. The molecule has 2 heteroatoms. The van der Waals surface area contributed by atoms with E-state index in [0.717, 1.165) is 38.2 Å². The van der Waals surface area contributed by atoms with E-state index in [0.29, 0.717) is 5.92 Å². The van der Waals surface area contributed by atoms with Gasteiger partial charge < -0.3 is 10.5 Å². The third-order valence-corrected chi connectivity index (χ3v) is 3.15. The van der Waals surface area contributed by atoms with E-state index in [4.69, 9.17) is 10.5 Å². The van der Waals surface area contributed by atoms with Gasteiger partial charge in [0.05, 0.1) is 6.61 Å². The number of fused-ring (bicyclic) bond motifs is 1. The van der Waals surface area contributed by atoms with Crippen LogP contribution in [0.1, 0.15) is 24.0 Å². The Kier molecular flexibility index (Phi) is 3.27. The average Bonchev–Trinajstić information content (AvgIpc) is 2.41. The molecule has 0 saturated carbocycles. The molecule has 0 radical (unpaired) electrons. The standard InChI is InChI=1S/C13H19NO/c1-10-3-2-4-12-9-11(5-7-14)6-8-15-13(10)12/h2-4,11H,5-9,14H2,1H3. The van der Waals surface area contributed by atoms with Gasteiger partial charge >= 0.3 is 0 Å². The second-order valence-corrected chi connectivity index (χ2v) is 4.35. The highest BCUT2D eigenvalue weighted by Crippen LogP contribution is 2.30. The van der Waals surface area contributed by atoms with Crippen molar-refractivity contribution in [2.75, 3.05) is 13.2 Å². The molecular weight excluding hydrogens is 186 g/mol. The Morgan fingerprint density at radius 3 is 3.13 bits per heavy atom. The third-order valence-electron chi connectivity index (χ3n) is 3.15. The zero-order valence-corrected chi connectivity index (χ0v) is 9.33. The molecule has 15 heavy (non-hydrogen) atoms. The maximum absolute atomic E-state index is 5.81. The summed E-state index contributed by atoms with van der Waals surface area (Å²) in [6.07, 6.45) is 3.36. The molecule has 0 aliphatic carbocycles. The first-order valence-electron chi connectivity index (χ1n) is 5.72. The number of nitrogens with two attached hydrogens (primary N) is 1. The topological polar surface area (TPSA) is 35.2 Å². The maximum Gasteiger partial charge on any atom is 0.125 e. The quantitative estimate of drug-likeness (QED) is 0.804. The van der Waals surface area contributed by atoms with E-state index in [1.807, 2.05) is 0 Å². The van der Waals surface area contributed by atoms with Gasteiger partial charge in [0, 0.05) is 0 Å². The molecule has 0 amide bonds. The minimum Gasteiger partial charge on any atom is -0.493 e. The Bertz CT molecular complexity index is 335. The summed E-state index contributed by atoms with van der Waals surface area (Å²) in [6.45, 7) is 3.73. The summed E-state index contributed by atoms with van der Waals surface area (Å²) in [5, 5.41) is 0. The predicted octanol–water partition coefficient (Wildman–Crippen LogP) is 2.29. The molecule has 1 aliphatic rings. The van der Waals surface area contributed by atoms with Gasteiger partial charge in [0.25, 0.3) is 0 Å². The zero-order valence-electron chi connectivity index (χ0n) is 9.33. The lowest BCUT2D eigenvalue weighted by molar-refractivity contribution is 0.289. The summed E-state index contributed by atoms with van der Waals surface area (Å²) in [6, 6.07) is 6.40. The molecule has 0 fully saturated rings. The summed E-state index contributed by atoms with van der Waals surface area (Å²) in [4.78, 5) is 0. The lowest BCUT2D eigenvalue weighted by atomic mass is 9.93. The highest BCUT2D eigenvalue weighted by Gasteiger charge is 2.17. The fraction of sp³-hybridized carbons (Fsp3) is 0.538. The second kappa shape index (κ2) is 4.67. The van der Waals surface area contributed by atoms with Crippen LogP contribution >= 0.6 is 0 Å². The van der Waals surface area contributed by atoms with Crippen LogP contribution in [0.4, 0.5) is 0 Å². The van der Waals surface area contributed by atoms with Crippen LogP contribution in [-0.4, -0.2) is 13.2 Å². The Balaban J connectivity index is 2.22. The SMILES string of the molecule is Cc1cccc2c1OCCC(CCN)C2. The molecule has 2 rings (SSSR count). The van der Waals surface area contributed by atoms with Crippen LogP contribution in [0.5, 0.6) is 5.75 Å². The van der Waals surface area contributed by atoms with Crippen LogP contribution in [0.25, 0.3) is 0 Å². The van der Waals surface area contributed by atoms with Crippen molar-refractivity contribution in [2.45, 2.75) is 26.2 Å². The van der Waals surface area contributed by atoms with Crippen LogP contribution < -0.4 is 10.5 Å². The Morgan fingerprint density at radius 1 is 1.47 bits per heavy atom. The molecular formula is C13H19NO. The molecule has 2 N–H and O–H groups in total. The number of ether oxygens (including phenoxy) is 1. The third kappa shape index (κ3) is 2.32. The lowest BCUT2D eigenvalue weighted by Gasteiger charge is -2.11. The molecule has 82 valence electrons. The summed E-state index contributed by atoms with van der Waals surface area (Å²) in [5.41, 5.74) is 8.22. The summed E-state index contributed by atoms with van der Waals surface area (Å²) in [5.74, 6) is 1.80. The van der Waals surface area contributed by atoms with E-state index in [1.54, 1.807) is 0 Å². The second-order valence-electron chi connectivity index (χ2n) is 4.35. The smallest absolute Gasteiger partial charge is 0.125 e. The molecule has 1 heterocycles. The van der Waals surface area contributed by atoms with E-state index < -0.39 is 0 Å². The molecule has 2 nitrogen and oxygen atoms in total. The average molecular weight is 205 g/mol.